The second-order valence-corrected chi connectivity index (χ2v) is 10.5. The number of carbonyl (C=O) groups is 1. The van der Waals surface area contributed by atoms with Gasteiger partial charge in [-0.15, -0.1) is 0 Å². The van der Waals surface area contributed by atoms with Crippen LogP contribution in [-0.2, 0) is 10.0 Å². The Morgan fingerprint density at radius 1 is 1.23 bits per heavy atom. The van der Waals surface area contributed by atoms with Crippen LogP contribution in [0.3, 0.4) is 0 Å². The lowest BCUT2D eigenvalue weighted by Crippen LogP contribution is -2.39. The minimum Gasteiger partial charge on any atom is -0.497 e. The van der Waals surface area contributed by atoms with Gasteiger partial charge in [0.05, 0.1) is 22.2 Å². The van der Waals surface area contributed by atoms with Crippen LogP contribution in [0.4, 0.5) is 5.13 Å². The van der Waals surface area contributed by atoms with Crippen molar-refractivity contribution in [2.75, 3.05) is 25.6 Å². The molecule has 2 heterocycles. The van der Waals surface area contributed by atoms with Gasteiger partial charge in [0.25, 0.3) is 5.91 Å². The molecule has 164 valence electrons. The summed E-state index contributed by atoms with van der Waals surface area (Å²) in [5.74, 6) is 0.705. The summed E-state index contributed by atoms with van der Waals surface area (Å²) in [6.07, 6.45) is 1.91. The van der Waals surface area contributed by atoms with E-state index < -0.39 is 10.0 Å². The van der Waals surface area contributed by atoms with Gasteiger partial charge in [-0.2, -0.15) is 4.31 Å². The van der Waals surface area contributed by atoms with Crippen molar-refractivity contribution in [3.8, 4) is 5.75 Å². The molecule has 1 aliphatic heterocycles. The normalized spacial score (nSPS) is 17.4. The minimum atomic E-state index is -3.55. The summed E-state index contributed by atoms with van der Waals surface area (Å²) in [4.78, 5) is 17.1. The zero-order chi connectivity index (χ0) is 22.0. The monoisotopic (exact) mass is 460 g/mol. The molecule has 1 aromatic heterocycles. The third-order valence-corrected chi connectivity index (χ3v) is 8.07. The predicted molar refractivity (Wildman–Crippen MR) is 121 cm³/mol. The van der Waals surface area contributed by atoms with Crippen LogP contribution in [0, 0.1) is 5.92 Å². The number of benzene rings is 2. The van der Waals surface area contributed by atoms with Crippen LogP contribution in [0.15, 0.2) is 47.4 Å². The van der Waals surface area contributed by atoms with Gasteiger partial charge >= 0.3 is 0 Å². The van der Waals surface area contributed by atoms with Gasteiger partial charge in [0.1, 0.15) is 5.75 Å². The number of aromatic nitrogens is 1. The fourth-order valence-electron chi connectivity index (χ4n) is 3.56. The van der Waals surface area contributed by atoms with Crippen LogP contribution in [0.2, 0.25) is 0 Å². The number of hydrogen-bond donors (Lipinski definition) is 2. The maximum absolute atomic E-state index is 12.9. The largest absolute Gasteiger partial charge is 0.497 e. The first-order chi connectivity index (χ1) is 14.9. The van der Waals surface area contributed by atoms with Crippen molar-refractivity contribution < 1.29 is 17.9 Å². The average Bonchev–Trinajstić information content (AvgIpc) is 3.19. The first-order valence-electron chi connectivity index (χ1n) is 9.98. The molecule has 0 bridgehead atoms. The number of thiazole rings is 1. The molecule has 1 atom stereocenters. The summed E-state index contributed by atoms with van der Waals surface area (Å²) in [6, 6.07) is 11.5. The maximum Gasteiger partial charge on any atom is 0.269 e. The van der Waals surface area contributed by atoms with E-state index in [1.165, 1.54) is 39.9 Å². The average molecular weight is 461 g/mol. The summed E-state index contributed by atoms with van der Waals surface area (Å²) < 4.78 is 33.4. The lowest BCUT2D eigenvalue weighted by atomic mass is 10.0. The highest BCUT2D eigenvalue weighted by Gasteiger charge is 2.28. The van der Waals surface area contributed by atoms with Crippen molar-refractivity contribution in [2.45, 2.75) is 24.7 Å². The number of ether oxygens (including phenoxy) is 1. The van der Waals surface area contributed by atoms with Crippen LogP contribution < -0.4 is 15.6 Å². The van der Waals surface area contributed by atoms with E-state index in [-0.39, 0.29) is 10.8 Å². The van der Waals surface area contributed by atoms with Gasteiger partial charge in [-0.05, 0) is 61.2 Å². The summed E-state index contributed by atoms with van der Waals surface area (Å²) in [7, 11) is -1.94. The topological polar surface area (TPSA) is 101 Å². The fourth-order valence-corrected chi connectivity index (χ4v) is 6.01. The molecule has 0 saturated carbocycles. The summed E-state index contributed by atoms with van der Waals surface area (Å²) in [5.41, 5.74) is 6.56. The lowest BCUT2D eigenvalue weighted by molar-refractivity contribution is 0.0962. The van der Waals surface area contributed by atoms with E-state index >= 15 is 0 Å². The van der Waals surface area contributed by atoms with E-state index in [1.807, 2.05) is 18.2 Å². The van der Waals surface area contributed by atoms with E-state index in [0.717, 1.165) is 28.8 Å². The number of hydrogen-bond acceptors (Lipinski definition) is 7. The molecule has 2 aromatic carbocycles. The Bertz CT molecular complexity index is 1190. The second-order valence-electron chi connectivity index (χ2n) is 7.57. The van der Waals surface area contributed by atoms with Gasteiger partial charge in [0, 0.05) is 18.7 Å². The highest BCUT2D eigenvalue weighted by atomic mass is 32.2. The number of carbonyl (C=O) groups excluding carboxylic acids is 1. The molecule has 1 aliphatic rings. The third kappa shape index (κ3) is 4.65. The zero-order valence-electron chi connectivity index (χ0n) is 17.3. The van der Waals surface area contributed by atoms with Gasteiger partial charge in [-0.1, -0.05) is 18.3 Å². The van der Waals surface area contributed by atoms with Crippen LogP contribution in [0.5, 0.6) is 5.75 Å². The standard InChI is InChI=1S/C21H24N4O4S2/c1-14-4-3-11-25(13-14)31(27,28)17-8-5-15(6-9-17)20(26)23-24-21-22-18-10-7-16(29-2)12-19(18)30-21/h5-10,12,14H,3-4,11,13H2,1-2H3,(H,22,24)(H,23,26)/t14-/m0/s1. The highest BCUT2D eigenvalue weighted by molar-refractivity contribution is 7.89. The third-order valence-electron chi connectivity index (χ3n) is 5.25. The fraction of sp³-hybridized carbons (Fsp3) is 0.333. The Balaban J connectivity index is 1.41. The van der Waals surface area contributed by atoms with Crippen molar-refractivity contribution in [1.29, 1.82) is 0 Å². The van der Waals surface area contributed by atoms with Crippen molar-refractivity contribution in [3.63, 3.8) is 0 Å². The molecule has 2 N–H and O–H groups in total. The molecule has 1 saturated heterocycles. The van der Waals surface area contributed by atoms with Crippen LogP contribution in [0.25, 0.3) is 10.2 Å². The van der Waals surface area contributed by atoms with Gasteiger partial charge in [0.15, 0.2) is 0 Å². The van der Waals surface area contributed by atoms with Crippen molar-refractivity contribution in [1.82, 2.24) is 14.7 Å². The highest BCUT2D eigenvalue weighted by Crippen LogP contribution is 2.29. The molecular weight excluding hydrogens is 436 g/mol. The van der Waals surface area contributed by atoms with Gasteiger partial charge in [0.2, 0.25) is 15.2 Å². The van der Waals surface area contributed by atoms with E-state index in [9.17, 15) is 13.2 Å². The first-order valence-corrected chi connectivity index (χ1v) is 12.2. The Kier molecular flexibility index (Phi) is 6.12. The van der Waals surface area contributed by atoms with E-state index in [1.54, 1.807) is 7.11 Å². The maximum atomic E-state index is 12.9. The number of piperidine rings is 1. The zero-order valence-corrected chi connectivity index (χ0v) is 18.9. The van der Waals surface area contributed by atoms with Crippen molar-refractivity contribution >= 4 is 42.6 Å². The predicted octanol–water partition coefficient (Wildman–Crippen LogP) is 3.48. The summed E-state index contributed by atoms with van der Waals surface area (Å²) in [6.45, 7) is 3.12. The van der Waals surface area contributed by atoms with Gasteiger partial charge < -0.3 is 4.74 Å². The molecule has 4 rings (SSSR count). The Labute approximate surface area is 185 Å². The number of fused-ring (bicyclic) bond motifs is 1. The second kappa shape index (κ2) is 8.81. The minimum absolute atomic E-state index is 0.200. The molecule has 0 unspecified atom stereocenters. The van der Waals surface area contributed by atoms with E-state index in [2.05, 4.69) is 22.8 Å². The molecule has 8 nitrogen and oxygen atoms in total. The quantitative estimate of drug-likeness (QED) is 0.546. The lowest BCUT2D eigenvalue weighted by Gasteiger charge is -2.30. The first kappa shape index (κ1) is 21.5. The Morgan fingerprint density at radius 3 is 2.71 bits per heavy atom. The molecule has 3 aromatic rings. The number of anilines is 1. The molecule has 0 spiro atoms. The number of rotatable bonds is 6. The van der Waals surface area contributed by atoms with Crippen LogP contribution >= 0.6 is 11.3 Å². The number of methoxy groups -OCH3 is 1. The number of hydrazine groups is 1. The molecule has 1 fully saturated rings. The number of amides is 1. The summed E-state index contributed by atoms with van der Waals surface area (Å²) in [5, 5.41) is 0.537. The summed E-state index contributed by atoms with van der Waals surface area (Å²) >= 11 is 1.38. The SMILES string of the molecule is COc1ccc2nc(NNC(=O)c3ccc(S(=O)(=O)N4CCC[C@H](C)C4)cc3)sc2c1. The molecular formula is C21H24N4O4S2. The Hall–Kier alpha value is -2.69. The van der Waals surface area contributed by atoms with Crippen LogP contribution in [-0.4, -0.2) is 43.8 Å². The van der Waals surface area contributed by atoms with E-state index in [0.29, 0.717) is 29.7 Å². The number of nitrogens with zero attached hydrogens (tertiary/aromatic N) is 2. The smallest absolute Gasteiger partial charge is 0.269 e. The van der Waals surface area contributed by atoms with Crippen molar-refractivity contribution in [3.05, 3.63) is 48.0 Å². The molecule has 0 aliphatic carbocycles. The molecule has 10 heteroatoms. The van der Waals surface area contributed by atoms with Gasteiger partial charge in [-0.3, -0.25) is 15.6 Å². The van der Waals surface area contributed by atoms with Crippen LogP contribution in [0.1, 0.15) is 30.1 Å². The molecule has 1 amide bonds. The molecule has 31 heavy (non-hydrogen) atoms. The number of sulfonamides is 1. The van der Waals surface area contributed by atoms with E-state index in [4.69, 9.17) is 4.74 Å². The Morgan fingerprint density at radius 2 is 2.00 bits per heavy atom. The molecule has 0 radical (unpaired) electrons. The van der Waals surface area contributed by atoms with Gasteiger partial charge in [-0.25, -0.2) is 13.4 Å². The number of nitrogens with one attached hydrogen (secondary N) is 2. The van der Waals surface area contributed by atoms with Crippen molar-refractivity contribution in [2.24, 2.45) is 5.92 Å².